The molecule has 1 aliphatic heterocycles. The molecule has 1 aliphatic rings. The molecule has 34 heavy (non-hydrogen) atoms. The lowest BCUT2D eigenvalue weighted by atomic mass is 10.1. The van der Waals surface area contributed by atoms with Crippen molar-refractivity contribution in [2.75, 3.05) is 23.7 Å². The Morgan fingerprint density at radius 3 is 2.26 bits per heavy atom. The van der Waals surface area contributed by atoms with Gasteiger partial charge in [0.15, 0.2) is 0 Å². The van der Waals surface area contributed by atoms with E-state index >= 15 is 0 Å². The van der Waals surface area contributed by atoms with Crippen molar-refractivity contribution < 1.29 is 9.59 Å². The van der Waals surface area contributed by atoms with Crippen LogP contribution in [0.1, 0.15) is 46.3 Å². The van der Waals surface area contributed by atoms with Gasteiger partial charge >= 0.3 is 0 Å². The summed E-state index contributed by atoms with van der Waals surface area (Å²) in [5.74, 6) is 0.524. The Balaban J connectivity index is 1.36. The molecule has 2 amide bonds. The molecular formula is C28H31N3O2S. The topological polar surface area (TPSA) is 52.7 Å². The van der Waals surface area contributed by atoms with Crippen LogP contribution in [0.25, 0.3) is 0 Å². The SMILES string of the molecule is CCN(CC)c1ccc(CNC(=O)c2ccc([C@@H]3SCC(=O)N3Cc3ccccc3)cc2)cc1. The number of benzene rings is 3. The minimum Gasteiger partial charge on any atom is -0.372 e. The Morgan fingerprint density at radius 1 is 0.941 bits per heavy atom. The number of carbonyl (C=O) groups is 2. The van der Waals surface area contributed by atoms with Crippen LogP contribution in [0, 0.1) is 0 Å². The van der Waals surface area contributed by atoms with Gasteiger partial charge in [-0.1, -0.05) is 54.6 Å². The van der Waals surface area contributed by atoms with E-state index in [0.29, 0.717) is 24.4 Å². The highest BCUT2D eigenvalue weighted by atomic mass is 32.2. The van der Waals surface area contributed by atoms with Gasteiger partial charge in [0.25, 0.3) is 5.91 Å². The lowest BCUT2D eigenvalue weighted by Gasteiger charge is -2.24. The van der Waals surface area contributed by atoms with E-state index in [1.54, 1.807) is 11.8 Å². The van der Waals surface area contributed by atoms with Crippen molar-refractivity contribution in [3.8, 4) is 0 Å². The predicted molar refractivity (Wildman–Crippen MR) is 140 cm³/mol. The van der Waals surface area contributed by atoms with Crippen molar-refractivity contribution in [1.82, 2.24) is 10.2 Å². The van der Waals surface area contributed by atoms with E-state index in [0.717, 1.165) is 29.8 Å². The molecule has 176 valence electrons. The monoisotopic (exact) mass is 473 g/mol. The van der Waals surface area contributed by atoms with Gasteiger partial charge in [-0.15, -0.1) is 11.8 Å². The number of amides is 2. The van der Waals surface area contributed by atoms with Crippen molar-refractivity contribution >= 4 is 29.3 Å². The van der Waals surface area contributed by atoms with Crippen LogP contribution in [0.5, 0.6) is 0 Å². The summed E-state index contributed by atoms with van der Waals surface area (Å²) in [7, 11) is 0. The quantitative estimate of drug-likeness (QED) is 0.462. The summed E-state index contributed by atoms with van der Waals surface area (Å²) in [5, 5.41) is 2.97. The second-order valence-corrected chi connectivity index (χ2v) is 9.38. The fraction of sp³-hybridized carbons (Fsp3) is 0.286. The highest BCUT2D eigenvalue weighted by Gasteiger charge is 2.32. The highest BCUT2D eigenvalue weighted by molar-refractivity contribution is 8.00. The molecule has 0 saturated carbocycles. The molecule has 0 spiro atoms. The first-order valence-electron chi connectivity index (χ1n) is 11.8. The second-order valence-electron chi connectivity index (χ2n) is 8.31. The zero-order valence-electron chi connectivity index (χ0n) is 19.7. The van der Waals surface area contributed by atoms with Crippen LogP contribution in [0.4, 0.5) is 5.69 Å². The summed E-state index contributed by atoms with van der Waals surface area (Å²) in [5.41, 5.74) is 5.03. The van der Waals surface area contributed by atoms with Crippen molar-refractivity contribution in [1.29, 1.82) is 0 Å². The Kier molecular flexibility index (Phi) is 7.91. The first-order chi connectivity index (χ1) is 16.6. The maximum atomic E-state index is 12.7. The third-order valence-corrected chi connectivity index (χ3v) is 7.40. The molecule has 1 fully saturated rings. The maximum absolute atomic E-state index is 12.7. The van der Waals surface area contributed by atoms with E-state index in [1.165, 1.54) is 5.69 Å². The molecule has 1 N–H and O–H groups in total. The Morgan fingerprint density at radius 2 is 1.62 bits per heavy atom. The summed E-state index contributed by atoms with van der Waals surface area (Å²) < 4.78 is 0. The number of anilines is 1. The van der Waals surface area contributed by atoms with E-state index in [1.807, 2.05) is 59.5 Å². The molecular weight excluding hydrogens is 442 g/mol. The molecule has 3 aromatic rings. The van der Waals surface area contributed by atoms with Gasteiger partial charge in [-0.2, -0.15) is 0 Å². The number of nitrogens with one attached hydrogen (secondary N) is 1. The number of hydrogen-bond acceptors (Lipinski definition) is 4. The standard InChI is InChI=1S/C28H31N3O2S/c1-3-30(4-2)25-16-10-21(11-17-25)18-29-27(33)23-12-14-24(15-13-23)28-31(26(32)20-34-28)19-22-8-6-5-7-9-22/h5-17,28H,3-4,18-20H2,1-2H3,(H,29,33)/t28-/m0/s1. The highest BCUT2D eigenvalue weighted by Crippen LogP contribution is 2.39. The van der Waals surface area contributed by atoms with Crippen LogP contribution in [0.3, 0.4) is 0 Å². The number of hydrogen-bond donors (Lipinski definition) is 1. The number of rotatable bonds is 9. The molecule has 4 rings (SSSR count). The van der Waals surface area contributed by atoms with Gasteiger partial charge in [0, 0.05) is 37.4 Å². The lowest BCUT2D eigenvalue weighted by molar-refractivity contribution is -0.128. The molecule has 0 aromatic heterocycles. The van der Waals surface area contributed by atoms with Crippen LogP contribution in [0.2, 0.25) is 0 Å². The summed E-state index contributed by atoms with van der Waals surface area (Å²) in [6, 6.07) is 26.0. The van der Waals surface area contributed by atoms with Crippen LogP contribution in [-0.2, 0) is 17.9 Å². The van der Waals surface area contributed by atoms with Crippen LogP contribution >= 0.6 is 11.8 Å². The molecule has 0 radical (unpaired) electrons. The van der Waals surface area contributed by atoms with Gasteiger partial charge < -0.3 is 15.1 Å². The van der Waals surface area contributed by atoms with E-state index < -0.39 is 0 Å². The van der Waals surface area contributed by atoms with Gasteiger partial charge in [-0.25, -0.2) is 0 Å². The van der Waals surface area contributed by atoms with Crippen LogP contribution in [-0.4, -0.2) is 35.6 Å². The minimum absolute atomic E-state index is 0.0332. The first kappa shape index (κ1) is 23.9. The average molecular weight is 474 g/mol. The van der Waals surface area contributed by atoms with E-state index in [4.69, 9.17) is 0 Å². The Bertz CT molecular complexity index is 1100. The number of thioether (sulfide) groups is 1. The third kappa shape index (κ3) is 5.62. The lowest BCUT2D eigenvalue weighted by Crippen LogP contribution is -2.27. The fourth-order valence-corrected chi connectivity index (χ4v) is 5.37. The molecule has 1 atom stereocenters. The Hall–Kier alpha value is -3.25. The van der Waals surface area contributed by atoms with Crippen LogP contribution < -0.4 is 10.2 Å². The van der Waals surface area contributed by atoms with Gasteiger partial charge in [0.2, 0.25) is 5.91 Å². The molecule has 5 nitrogen and oxygen atoms in total. The zero-order chi connectivity index (χ0) is 23.9. The smallest absolute Gasteiger partial charge is 0.251 e. The summed E-state index contributed by atoms with van der Waals surface area (Å²) in [6.45, 7) is 7.31. The van der Waals surface area contributed by atoms with Crippen LogP contribution in [0.15, 0.2) is 78.9 Å². The van der Waals surface area contributed by atoms with Crippen molar-refractivity contribution in [3.05, 3.63) is 101 Å². The third-order valence-electron chi connectivity index (χ3n) is 6.14. The molecule has 1 heterocycles. The number of carbonyl (C=O) groups excluding carboxylic acids is 2. The van der Waals surface area contributed by atoms with Gasteiger partial charge in [0.1, 0.15) is 5.37 Å². The maximum Gasteiger partial charge on any atom is 0.251 e. The Labute approximate surface area is 206 Å². The average Bonchev–Trinajstić information content (AvgIpc) is 3.24. The van der Waals surface area contributed by atoms with Gasteiger partial charge in [-0.3, -0.25) is 9.59 Å². The van der Waals surface area contributed by atoms with E-state index in [9.17, 15) is 9.59 Å². The van der Waals surface area contributed by atoms with Crippen molar-refractivity contribution in [2.45, 2.75) is 32.3 Å². The van der Waals surface area contributed by atoms with Crippen molar-refractivity contribution in [2.24, 2.45) is 0 Å². The molecule has 0 unspecified atom stereocenters. The molecule has 0 aliphatic carbocycles. The van der Waals surface area contributed by atoms with Gasteiger partial charge in [-0.05, 0) is 54.8 Å². The molecule has 3 aromatic carbocycles. The number of nitrogens with zero attached hydrogens (tertiary/aromatic N) is 2. The van der Waals surface area contributed by atoms with Gasteiger partial charge in [0.05, 0.1) is 5.75 Å². The van der Waals surface area contributed by atoms with E-state index in [2.05, 4.69) is 48.3 Å². The van der Waals surface area contributed by atoms with Crippen molar-refractivity contribution in [3.63, 3.8) is 0 Å². The predicted octanol–water partition coefficient (Wildman–Crippen LogP) is 5.24. The molecule has 0 bridgehead atoms. The summed E-state index contributed by atoms with van der Waals surface area (Å²) in [4.78, 5) is 29.4. The summed E-state index contributed by atoms with van der Waals surface area (Å²) in [6.07, 6.45) is 0. The minimum atomic E-state index is -0.101. The van der Waals surface area contributed by atoms with E-state index in [-0.39, 0.29) is 17.2 Å². The normalized spacial score (nSPS) is 15.4. The first-order valence-corrected chi connectivity index (χ1v) is 12.8. The second kappa shape index (κ2) is 11.3. The fourth-order valence-electron chi connectivity index (χ4n) is 4.18. The largest absolute Gasteiger partial charge is 0.372 e. The summed E-state index contributed by atoms with van der Waals surface area (Å²) >= 11 is 1.63. The molecule has 6 heteroatoms. The molecule has 1 saturated heterocycles. The zero-order valence-corrected chi connectivity index (χ0v) is 20.6.